The summed E-state index contributed by atoms with van der Waals surface area (Å²) >= 11 is 0. The number of ether oxygens (including phenoxy) is 2. The van der Waals surface area contributed by atoms with Gasteiger partial charge in [-0.15, -0.1) is 0 Å². The lowest BCUT2D eigenvalue weighted by molar-refractivity contribution is -0.123. The number of hydrogen-bond donors (Lipinski definition) is 4. The van der Waals surface area contributed by atoms with E-state index in [4.69, 9.17) is 9.47 Å². The lowest BCUT2D eigenvalue weighted by Crippen LogP contribution is -2.54. The van der Waals surface area contributed by atoms with Crippen LogP contribution in [0.25, 0.3) is 0 Å². The third-order valence-electron chi connectivity index (χ3n) is 4.02. The zero-order chi connectivity index (χ0) is 25.2. The smallest absolute Gasteiger partial charge is 0.408 e. The van der Waals surface area contributed by atoms with Crippen LogP contribution in [0.15, 0.2) is 24.3 Å². The normalized spacial score (nSPS) is 12.6. The molecule has 0 aliphatic rings. The van der Waals surface area contributed by atoms with E-state index >= 15 is 0 Å². The summed E-state index contributed by atoms with van der Waals surface area (Å²) in [4.78, 5) is 37.2. The van der Waals surface area contributed by atoms with Crippen LogP contribution < -0.4 is 26.0 Å². The Labute approximate surface area is 197 Å². The molecule has 1 aromatic carbocycles. The molecule has 0 aromatic heterocycles. The minimum atomic E-state index is -0.867. The van der Waals surface area contributed by atoms with Gasteiger partial charge in [-0.3, -0.25) is 9.59 Å². The van der Waals surface area contributed by atoms with Gasteiger partial charge in [-0.25, -0.2) is 4.79 Å². The molecule has 0 aliphatic heterocycles. The quantitative estimate of drug-likeness (QED) is 0.396. The first-order chi connectivity index (χ1) is 15.2. The molecule has 0 bridgehead atoms. The van der Waals surface area contributed by atoms with Gasteiger partial charge < -0.3 is 30.7 Å². The van der Waals surface area contributed by atoms with Crippen molar-refractivity contribution < 1.29 is 23.9 Å². The number of rotatable bonds is 10. The predicted molar refractivity (Wildman–Crippen MR) is 128 cm³/mol. The van der Waals surface area contributed by atoms with Crippen molar-refractivity contribution in [3.63, 3.8) is 0 Å². The maximum Gasteiger partial charge on any atom is 0.408 e. The van der Waals surface area contributed by atoms with Crippen LogP contribution >= 0.6 is 0 Å². The first kappa shape index (κ1) is 28.2. The van der Waals surface area contributed by atoms with Crippen LogP contribution in [0, 0.1) is 5.41 Å². The van der Waals surface area contributed by atoms with Crippen LogP contribution in [-0.2, 0) is 9.53 Å². The number of nitrogens with one attached hydrogen (secondary N) is 4. The number of carbonyl (C=O) groups excluding carboxylic acids is 3. The van der Waals surface area contributed by atoms with Crippen molar-refractivity contribution in [3.05, 3.63) is 29.8 Å². The van der Waals surface area contributed by atoms with E-state index in [-0.39, 0.29) is 30.6 Å². The lowest BCUT2D eigenvalue weighted by atomic mass is 9.99. The van der Waals surface area contributed by atoms with Gasteiger partial charge in [-0.1, -0.05) is 40.7 Å². The van der Waals surface area contributed by atoms with Crippen LogP contribution in [0.3, 0.4) is 0 Å². The fourth-order valence-electron chi connectivity index (χ4n) is 2.48. The Balaban J connectivity index is 2.64. The molecular formula is C24H40N4O5. The molecule has 0 radical (unpaired) electrons. The van der Waals surface area contributed by atoms with Crippen LogP contribution in [0.2, 0.25) is 0 Å². The van der Waals surface area contributed by atoms with E-state index in [0.29, 0.717) is 17.9 Å². The van der Waals surface area contributed by atoms with Crippen LogP contribution in [0.1, 0.15) is 65.7 Å². The Kier molecular flexibility index (Phi) is 10.6. The van der Waals surface area contributed by atoms with Gasteiger partial charge in [0, 0.05) is 18.2 Å². The average molecular weight is 465 g/mol. The fraction of sp³-hybridized carbons (Fsp3) is 0.625. The minimum Gasteiger partial charge on any atom is -0.493 e. The van der Waals surface area contributed by atoms with Crippen molar-refractivity contribution in [2.45, 2.75) is 73.1 Å². The second kappa shape index (κ2) is 12.4. The summed E-state index contributed by atoms with van der Waals surface area (Å²) in [6.45, 7) is 15.9. The predicted octanol–water partition coefficient (Wildman–Crippen LogP) is 2.81. The third kappa shape index (κ3) is 12.7. The Morgan fingerprint density at radius 2 is 1.67 bits per heavy atom. The molecule has 1 unspecified atom stereocenters. The molecule has 0 heterocycles. The highest BCUT2D eigenvalue weighted by atomic mass is 16.6. The molecule has 33 heavy (non-hydrogen) atoms. The van der Waals surface area contributed by atoms with Crippen molar-refractivity contribution in [2.24, 2.45) is 5.41 Å². The Bertz CT molecular complexity index is 797. The standard InChI is InChI=1S/C24H40N4O5/c1-16(2)25-13-19(28-22(31)33-24(6,7)8)21(30)27-15-26-20(29)17-10-9-11-18(12-17)32-14-23(3,4)5/h9-12,16,19,25H,13-15H2,1-8H3,(H,26,29)(H,27,30)(H,28,31). The molecule has 0 fully saturated rings. The van der Waals surface area contributed by atoms with E-state index in [1.807, 2.05) is 13.8 Å². The maximum absolute atomic E-state index is 12.6. The van der Waals surface area contributed by atoms with E-state index in [1.54, 1.807) is 45.0 Å². The van der Waals surface area contributed by atoms with Crippen molar-refractivity contribution >= 4 is 17.9 Å². The van der Waals surface area contributed by atoms with Gasteiger partial charge in [0.05, 0.1) is 13.3 Å². The van der Waals surface area contributed by atoms with Gasteiger partial charge >= 0.3 is 6.09 Å². The summed E-state index contributed by atoms with van der Waals surface area (Å²) in [5.41, 5.74) is -0.271. The number of alkyl carbamates (subject to hydrolysis) is 1. The molecule has 4 N–H and O–H groups in total. The molecule has 0 aliphatic carbocycles. The van der Waals surface area contributed by atoms with E-state index in [1.165, 1.54) is 0 Å². The average Bonchev–Trinajstić information content (AvgIpc) is 2.67. The summed E-state index contributed by atoms with van der Waals surface area (Å²) in [6.07, 6.45) is -0.690. The monoisotopic (exact) mass is 464 g/mol. The minimum absolute atomic E-state index is 0.00312. The molecule has 3 amide bonds. The highest BCUT2D eigenvalue weighted by Gasteiger charge is 2.24. The summed E-state index contributed by atoms with van der Waals surface area (Å²) in [5.74, 6) is -0.201. The molecule has 0 saturated heterocycles. The van der Waals surface area contributed by atoms with Gasteiger partial charge in [-0.05, 0) is 44.4 Å². The van der Waals surface area contributed by atoms with Gasteiger partial charge in [-0.2, -0.15) is 0 Å². The number of hydrogen-bond acceptors (Lipinski definition) is 6. The highest BCUT2D eigenvalue weighted by Crippen LogP contribution is 2.18. The SMILES string of the molecule is CC(C)NCC(NC(=O)OC(C)(C)C)C(=O)NCNC(=O)c1cccc(OCC(C)(C)C)c1. The largest absolute Gasteiger partial charge is 0.493 e. The van der Waals surface area contributed by atoms with E-state index in [2.05, 4.69) is 42.0 Å². The number of carbonyl (C=O) groups is 3. The van der Waals surface area contributed by atoms with Crippen LogP contribution in [0.4, 0.5) is 4.79 Å². The topological polar surface area (TPSA) is 118 Å². The van der Waals surface area contributed by atoms with Crippen LogP contribution in [-0.4, -0.2) is 55.4 Å². The molecule has 1 aromatic rings. The summed E-state index contributed by atoms with van der Waals surface area (Å²) in [6, 6.07) is 6.10. The lowest BCUT2D eigenvalue weighted by Gasteiger charge is -2.24. The van der Waals surface area contributed by atoms with E-state index in [9.17, 15) is 14.4 Å². The first-order valence-corrected chi connectivity index (χ1v) is 11.2. The van der Waals surface area contributed by atoms with Crippen molar-refractivity contribution in [2.75, 3.05) is 19.8 Å². The molecule has 9 heteroatoms. The molecule has 0 spiro atoms. The Hall–Kier alpha value is -2.81. The summed E-state index contributed by atoms with van der Waals surface area (Å²) in [7, 11) is 0. The second-order valence-corrected chi connectivity index (χ2v) is 10.4. The van der Waals surface area contributed by atoms with Gasteiger partial charge in [0.15, 0.2) is 0 Å². The highest BCUT2D eigenvalue weighted by molar-refractivity contribution is 5.95. The molecule has 1 rings (SSSR count). The zero-order valence-electron chi connectivity index (χ0n) is 21.1. The maximum atomic E-state index is 12.6. The van der Waals surface area contributed by atoms with Gasteiger partial charge in [0.2, 0.25) is 5.91 Å². The van der Waals surface area contributed by atoms with E-state index in [0.717, 1.165) is 0 Å². The first-order valence-electron chi connectivity index (χ1n) is 11.2. The molecule has 0 saturated carbocycles. The summed E-state index contributed by atoms with van der Waals surface area (Å²) < 4.78 is 11.0. The van der Waals surface area contributed by atoms with Crippen molar-refractivity contribution in [1.29, 1.82) is 0 Å². The van der Waals surface area contributed by atoms with E-state index < -0.39 is 23.6 Å². The molecule has 1 atom stereocenters. The fourth-order valence-corrected chi connectivity index (χ4v) is 2.48. The van der Waals surface area contributed by atoms with Crippen molar-refractivity contribution in [1.82, 2.24) is 21.3 Å². The second-order valence-electron chi connectivity index (χ2n) is 10.4. The van der Waals surface area contributed by atoms with Gasteiger partial charge in [0.25, 0.3) is 5.91 Å². The third-order valence-corrected chi connectivity index (χ3v) is 4.02. The Morgan fingerprint density at radius 3 is 2.24 bits per heavy atom. The van der Waals surface area contributed by atoms with Gasteiger partial charge in [0.1, 0.15) is 17.4 Å². The molecule has 186 valence electrons. The zero-order valence-corrected chi connectivity index (χ0v) is 21.1. The van der Waals surface area contributed by atoms with Crippen LogP contribution in [0.5, 0.6) is 5.75 Å². The Morgan fingerprint density at radius 1 is 1.00 bits per heavy atom. The molecular weight excluding hydrogens is 424 g/mol. The number of benzene rings is 1. The molecule has 9 nitrogen and oxygen atoms in total. The number of amides is 3. The van der Waals surface area contributed by atoms with Crippen molar-refractivity contribution in [3.8, 4) is 5.75 Å². The summed E-state index contributed by atoms with van der Waals surface area (Å²) in [5, 5.41) is 11.0.